The minimum atomic E-state index is 0.165. The summed E-state index contributed by atoms with van der Waals surface area (Å²) in [7, 11) is 0. The van der Waals surface area contributed by atoms with E-state index < -0.39 is 0 Å². The third-order valence-electron chi connectivity index (χ3n) is 3.57. The van der Waals surface area contributed by atoms with Crippen LogP contribution in [0.2, 0.25) is 0 Å². The molecule has 0 saturated carbocycles. The van der Waals surface area contributed by atoms with Gasteiger partial charge in [0.05, 0.1) is 5.39 Å². The molecular weight excluding hydrogens is 260 g/mol. The van der Waals surface area contributed by atoms with Crippen LogP contribution in [0.4, 0.5) is 11.5 Å². The molecule has 0 radical (unpaired) electrons. The van der Waals surface area contributed by atoms with Crippen molar-refractivity contribution in [3.05, 3.63) is 47.9 Å². The van der Waals surface area contributed by atoms with E-state index in [1.807, 2.05) is 6.92 Å². The number of H-pyrrole nitrogens is 1. The second kappa shape index (κ2) is 4.88. The highest BCUT2D eigenvalue weighted by atomic mass is 15.0. The summed E-state index contributed by atoms with van der Waals surface area (Å²) in [6.07, 6.45) is 1.57. The van der Waals surface area contributed by atoms with Gasteiger partial charge in [0.15, 0.2) is 0 Å². The molecule has 0 aliphatic heterocycles. The Morgan fingerprint density at radius 2 is 1.76 bits per heavy atom. The Kier molecular flexibility index (Phi) is 3.16. The second-order valence-corrected chi connectivity index (χ2v) is 6.39. The van der Waals surface area contributed by atoms with Gasteiger partial charge in [-0.25, -0.2) is 9.97 Å². The van der Waals surface area contributed by atoms with Gasteiger partial charge in [-0.1, -0.05) is 32.9 Å². The van der Waals surface area contributed by atoms with Crippen molar-refractivity contribution in [3.8, 4) is 0 Å². The van der Waals surface area contributed by atoms with E-state index in [-0.39, 0.29) is 5.41 Å². The van der Waals surface area contributed by atoms with E-state index in [2.05, 4.69) is 71.4 Å². The van der Waals surface area contributed by atoms with Crippen molar-refractivity contribution in [1.29, 1.82) is 0 Å². The zero-order chi connectivity index (χ0) is 15.0. The molecule has 4 heteroatoms. The normalized spacial score (nSPS) is 11.8. The molecule has 0 amide bonds. The summed E-state index contributed by atoms with van der Waals surface area (Å²) in [5.41, 5.74) is 4.45. The second-order valence-electron chi connectivity index (χ2n) is 6.39. The van der Waals surface area contributed by atoms with Gasteiger partial charge in [0.1, 0.15) is 17.8 Å². The topological polar surface area (TPSA) is 53.6 Å². The van der Waals surface area contributed by atoms with E-state index in [9.17, 15) is 0 Å². The molecule has 0 aliphatic carbocycles. The summed E-state index contributed by atoms with van der Waals surface area (Å²) < 4.78 is 0. The average Bonchev–Trinajstić information content (AvgIpc) is 2.80. The Morgan fingerprint density at radius 1 is 1.05 bits per heavy atom. The molecule has 3 rings (SSSR count). The molecule has 0 saturated heterocycles. The fourth-order valence-corrected chi connectivity index (χ4v) is 2.36. The molecule has 0 unspecified atom stereocenters. The standard InChI is InChI=1S/C17H20N4/c1-11-9-14-15(20-11)18-10-19-16(14)21-13-7-5-12(6-8-13)17(2,3)4/h5-10H,1-4H3,(H2,18,19,20,21). The van der Waals surface area contributed by atoms with Gasteiger partial charge in [-0.15, -0.1) is 0 Å². The first-order valence-corrected chi connectivity index (χ1v) is 7.11. The number of benzene rings is 1. The number of rotatable bonds is 2. The number of fused-ring (bicyclic) bond motifs is 1. The number of anilines is 2. The van der Waals surface area contributed by atoms with Gasteiger partial charge in [0, 0.05) is 11.4 Å². The Labute approximate surface area is 124 Å². The van der Waals surface area contributed by atoms with Crippen LogP contribution in [0.25, 0.3) is 11.0 Å². The first kappa shape index (κ1) is 13.6. The van der Waals surface area contributed by atoms with Gasteiger partial charge in [-0.2, -0.15) is 0 Å². The van der Waals surface area contributed by atoms with E-state index in [0.29, 0.717) is 0 Å². The van der Waals surface area contributed by atoms with Gasteiger partial charge in [0.25, 0.3) is 0 Å². The van der Waals surface area contributed by atoms with Crippen LogP contribution < -0.4 is 5.32 Å². The van der Waals surface area contributed by atoms with Gasteiger partial charge in [-0.3, -0.25) is 0 Å². The zero-order valence-electron chi connectivity index (χ0n) is 12.9. The molecule has 2 N–H and O–H groups in total. The lowest BCUT2D eigenvalue weighted by Crippen LogP contribution is -2.10. The molecule has 21 heavy (non-hydrogen) atoms. The maximum Gasteiger partial charge on any atom is 0.143 e. The van der Waals surface area contributed by atoms with Crippen molar-refractivity contribution < 1.29 is 0 Å². The lowest BCUT2D eigenvalue weighted by atomic mass is 9.87. The summed E-state index contributed by atoms with van der Waals surface area (Å²) in [5, 5.41) is 4.38. The predicted octanol–water partition coefficient (Wildman–Crippen LogP) is 4.31. The average molecular weight is 280 g/mol. The minimum Gasteiger partial charge on any atom is -0.343 e. The molecule has 2 aromatic heterocycles. The van der Waals surface area contributed by atoms with Crippen molar-refractivity contribution >= 4 is 22.5 Å². The first-order valence-electron chi connectivity index (χ1n) is 7.11. The van der Waals surface area contributed by atoms with E-state index in [4.69, 9.17) is 0 Å². The lowest BCUT2D eigenvalue weighted by Gasteiger charge is -2.19. The van der Waals surface area contributed by atoms with Gasteiger partial charge < -0.3 is 10.3 Å². The smallest absolute Gasteiger partial charge is 0.143 e. The molecular formula is C17H20N4. The molecule has 1 aromatic carbocycles. The van der Waals surface area contributed by atoms with Crippen molar-refractivity contribution in [3.63, 3.8) is 0 Å². The third kappa shape index (κ3) is 2.75. The molecule has 0 fully saturated rings. The molecule has 108 valence electrons. The SMILES string of the molecule is Cc1cc2c(Nc3ccc(C(C)(C)C)cc3)ncnc2[nH]1. The quantitative estimate of drug-likeness (QED) is 0.735. The summed E-state index contributed by atoms with van der Waals surface area (Å²) >= 11 is 0. The van der Waals surface area contributed by atoms with E-state index in [0.717, 1.165) is 28.2 Å². The molecule has 0 aliphatic rings. The Hall–Kier alpha value is -2.36. The monoisotopic (exact) mass is 280 g/mol. The number of aryl methyl sites for hydroxylation is 1. The summed E-state index contributed by atoms with van der Waals surface area (Å²) in [5.74, 6) is 0.827. The summed E-state index contributed by atoms with van der Waals surface area (Å²) in [4.78, 5) is 11.8. The van der Waals surface area contributed by atoms with Crippen LogP contribution >= 0.6 is 0 Å². The van der Waals surface area contributed by atoms with E-state index in [1.54, 1.807) is 6.33 Å². The largest absolute Gasteiger partial charge is 0.343 e. The fraction of sp³-hybridized carbons (Fsp3) is 0.294. The van der Waals surface area contributed by atoms with Crippen LogP contribution in [0, 0.1) is 6.92 Å². The van der Waals surface area contributed by atoms with E-state index >= 15 is 0 Å². The Morgan fingerprint density at radius 3 is 2.43 bits per heavy atom. The number of nitrogens with one attached hydrogen (secondary N) is 2. The van der Waals surface area contributed by atoms with Crippen LogP contribution in [0.5, 0.6) is 0 Å². The maximum atomic E-state index is 4.34. The molecule has 2 heterocycles. The van der Waals surface area contributed by atoms with Crippen LogP contribution in [0.3, 0.4) is 0 Å². The number of hydrogen-bond acceptors (Lipinski definition) is 3. The Bertz CT molecular complexity index is 764. The predicted molar refractivity (Wildman–Crippen MR) is 87.1 cm³/mol. The van der Waals surface area contributed by atoms with Gasteiger partial charge in [0.2, 0.25) is 0 Å². The molecule has 0 bridgehead atoms. The maximum absolute atomic E-state index is 4.34. The van der Waals surface area contributed by atoms with Gasteiger partial charge >= 0.3 is 0 Å². The van der Waals surface area contributed by atoms with Crippen LogP contribution in [-0.4, -0.2) is 15.0 Å². The van der Waals surface area contributed by atoms with Gasteiger partial charge in [-0.05, 0) is 36.1 Å². The van der Waals surface area contributed by atoms with Crippen LogP contribution in [0.1, 0.15) is 32.0 Å². The molecule has 3 aromatic rings. The highest BCUT2D eigenvalue weighted by molar-refractivity contribution is 5.89. The van der Waals surface area contributed by atoms with Crippen molar-refractivity contribution in [2.45, 2.75) is 33.1 Å². The fourth-order valence-electron chi connectivity index (χ4n) is 2.36. The van der Waals surface area contributed by atoms with E-state index in [1.165, 1.54) is 5.56 Å². The summed E-state index contributed by atoms with van der Waals surface area (Å²) in [6, 6.07) is 10.6. The number of nitrogens with zero attached hydrogens (tertiary/aromatic N) is 2. The van der Waals surface area contributed by atoms with Crippen molar-refractivity contribution in [2.75, 3.05) is 5.32 Å². The number of aromatic amines is 1. The zero-order valence-corrected chi connectivity index (χ0v) is 12.9. The highest BCUT2D eigenvalue weighted by Crippen LogP contribution is 2.26. The molecule has 0 spiro atoms. The van der Waals surface area contributed by atoms with Crippen LogP contribution in [0.15, 0.2) is 36.7 Å². The van der Waals surface area contributed by atoms with Crippen LogP contribution in [-0.2, 0) is 5.41 Å². The lowest BCUT2D eigenvalue weighted by molar-refractivity contribution is 0.590. The third-order valence-corrected chi connectivity index (χ3v) is 3.57. The minimum absolute atomic E-state index is 0.165. The summed E-state index contributed by atoms with van der Waals surface area (Å²) in [6.45, 7) is 8.66. The molecule has 4 nitrogen and oxygen atoms in total. The van der Waals surface area contributed by atoms with Crippen molar-refractivity contribution in [2.24, 2.45) is 0 Å². The van der Waals surface area contributed by atoms with Crippen molar-refractivity contribution in [1.82, 2.24) is 15.0 Å². The molecule has 0 atom stereocenters. The number of hydrogen-bond donors (Lipinski definition) is 2. The Balaban J connectivity index is 1.92. The first-order chi connectivity index (χ1) is 9.93. The highest BCUT2D eigenvalue weighted by Gasteiger charge is 2.13. The number of aromatic nitrogens is 3.